The number of methoxy groups -OCH3 is 1. The van der Waals surface area contributed by atoms with Crippen LogP contribution >= 0.6 is 0 Å². The van der Waals surface area contributed by atoms with E-state index in [0.29, 0.717) is 22.9 Å². The van der Waals surface area contributed by atoms with Crippen LogP contribution in [0.4, 0.5) is 11.5 Å². The fourth-order valence-corrected chi connectivity index (χ4v) is 2.69. The van der Waals surface area contributed by atoms with Crippen molar-refractivity contribution in [2.24, 2.45) is 0 Å². The Balaban J connectivity index is 1.92. The van der Waals surface area contributed by atoms with Gasteiger partial charge in [0.25, 0.3) is 5.91 Å². The van der Waals surface area contributed by atoms with Crippen LogP contribution in [0.25, 0.3) is 11.4 Å². The first kappa shape index (κ1) is 20.0. The standard InChI is InChI=1S/C22H22N4O3/c1-14(2)23-19-13-18(25-20(26-19)15-8-5-4-6-9-15)21(27)24-17-11-7-10-16(12-17)22(28)29-3/h4-14H,1-3H3,(H,24,27)(H,23,25,26). The lowest BCUT2D eigenvalue weighted by Gasteiger charge is -2.13. The van der Waals surface area contributed by atoms with Crippen LogP contribution < -0.4 is 10.6 Å². The number of aromatic nitrogens is 2. The molecule has 0 saturated heterocycles. The molecule has 0 saturated carbocycles. The maximum Gasteiger partial charge on any atom is 0.337 e. The van der Waals surface area contributed by atoms with Crippen molar-refractivity contribution < 1.29 is 14.3 Å². The predicted molar refractivity (Wildman–Crippen MR) is 112 cm³/mol. The Morgan fingerprint density at radius 1 is 0.966 bits per heavy atom. The summed E-state index contributed by atoms with van der Waals surface area (Å²) in [7, 11) is 1.31. The summed E-state index contributed by atoms with van der Waals surface area (Å²) in [6.07, 6.45) is 0. The van der Waals surface area contributed by atoms with Crippen LogP contribution in [-0.2, 0) is 4.74 Å². The summed E-state index contributed by atoms with van der Waals surface area (Å²) in [6.45, 7) is 3.98. The topological polar surface area (TPSA) is 93.2 Å². The van der Waals surface area contributed by atoms with Gasteiger partial charge in [0, 0.05) is 23.4 Å². The number of carbonyl (C=O) groups excluding carboxylic acids is 2. The van der Waals surface area contributed by atoms with E-state index in [0.717, 1.165) is 5.56 Å². The van der Waals surface area contributed by atoms with E-state index in [1.165, 1.54) is 7.11 Å². The van der Waals surface area contributed by atoms with Crippen molar-refractivity contribution in [3.05, 3.63) is 71.9 Å². The molecule has 0 spiro atoms. The van der Waals surface area contributed by atoms with Gasteiger partial charge in [0.15, 0.2) is 5.82 Å². The number of hydrogen-bond acceptors (Lipinski definition) is 6. The Morgan fingerprint density at radius 2 is 1.72 bits per heavy atom. The van der Waals surface area contributed by atoms with Crippen LogP contribution in [0.15, 0.2) is 60.7 Å². The highest BCUT2D eigenvalue weighted by Gasteiger charge is 2.15. The van der Waals surface area contributed by atoms with E-state index < -0.39 is 11.9 Å². The molecule has 0 atom stereocenters. The number of rotatable bonds is 6. The Hall–Kier alpha value is -3.74. The van der Waals surface area contributed by atoms with Crippen LogP contribution in [0.2, 0.25) is 0 Å². The number of carbonyl (C=O) groups is 2. The molecule has 3 aromatic rings. The molecule has 7 nitrogen and oxygen atoms in total. The van der Waals surface area contributed by atoms with E-state index in [9.17, 15) is 9.59 Å². The molecule has 1 aromatic heterocycles. The Kier molecular flexibility index (Phi) is 6.19. The third-order valence-electron chi connectivity index (χ3n) is 3.97. The van der Waals surface area contributed by atoms with Gasteiger partial charge in [-0.15, -0.1) is 0 Å². The van der Waals surface area contributed by atoms with Gasteiger partial charge in [-0.2, -0.15) is 0 Å². The normalized spacial score (nSPS) is 10.5. The second-order valence-electron chi connectivity index (χ2n) is 6.65. The van der Waals surface area contributed by atoms with Crippen molar-refractivity contribution in [2.75, 3.05) is 17.7 Å². The molecule has 1 heterocycles. The predicted octanol–water partition coefficient (Wildman–Crippen LogP) is 4.00. The van der Waals surface area contributed by atoms with Gasteiger partial charge in [-0.3, -0.25) is 4.79 Å². The van der Waals surface area contributed by atoms with Gasteiger partial charge in [-0.05, 0) is 32.0 Å². The molecule has 2 aromatic carbocycles. The molecular weight excluding hydrogens is 368 g/mol. The maximum atomic E-state index is 12.8. The molecule has 2 N–H and O–H groups in total. The molecule has 3 rings (SSSR count). The highest BCUT2D eigenvalue weighted by atomic mass is 16.5. The third-order valence-corrected chi connectivity index (χ3v) is 3.97. The second-order valence-corrected chi connectivity index (χ2v) is 6.65. The van der Waals surface area contributed by atoms with Crippen molar-refractivity contribution in [3.8, 4) is 11.4 Å². The van der Waals surface area contributed by atoms with Crippen LogP contribution in [0.3, 0.4) is 0 Å². The van der Waals surface area contributed by atoms with Crippen LogP contribution in [0.5, 0.6) is 0 Å². The van der Waals surface area contributed by atoms with E-state index in [2.05, 4.69) is 20.6 Å². The Labute approximate surface area is 169 Å². The minimum absolute atomic E-state index is 0.140. The lowest BCUT2D eigenvalue weighted by atomic mass is 10.2. The number of hydrogen-bond donors (Lipinski definition) is 2. The summed E-state index contributed by atoms with van der Waals surface area (Å²) in [5, 5.41) is 5.99. The van der Waals surface area contributed by atoms with Gasteiger partial charge in [0.1, 0.15) is 11.5 Å². The lowest BCUT2D eigenvalue weighted by Crippen LogP contribution is -2.17. The van der Waals surface area contributed by atoms with E-state index in [1.54, 1.807) is 30.3 Å². The number of esters is 1. The van der Waals surface area contributed by atoms with Gasteiger partial charge in [-0.1, -0.05) is 36.4 Å². The van der Waals surface area contributed by atoms with Crippen molar-refractivity contribution >= 4 is 23.4 Å². The molecule has 0 aliphatic carbocycles. The fraction of sp³-hybridized carbons (Fsp3) is 0.182. The van der Waals surface area contributed by atoms with Crippen molar-refractivity contribution in [1.82, 2.24) is 9.97 Å². The van der Waals surface area contributed by atoms with Gasteiger partial charge in [-0.25, -0.2) is 14.8 Å². The summed E-state index contributed by atoms with van der Waals surface area (Å²) in [6, 6.07) is 17.7. The van der Waals surface area contributed by atoms with Crippen LogP contribution in [0, 0.1) is 0 Å². The highest BCUT2D eigenvalue weighted by molar-refractivity contribution is 6.04. The zero-order chi connectivity index (χ0) is 20.8. The molecule has 0 aliphatic heterocycles. The summed E-state index contributed by atoms with van der Waals surface area (Å²) < 4.78 is 4.72. The number of nitrogens with one attached hydrogen (secondary N) is 2. The van der Waals surface area contributed by atoms with Gasteiger partial charge < -0.3 is 15.4 Å². The molecule has 0 fully saturated rings. The summed E-state index contributed by atoms with van der Waals surface area (Å²) in [5.41, 5.74) is 1.84. The maximum absolute atomic E-state index is 12.8. The second kappa shape index (κ2) is 8.97. The average molecular weight is 390 g/mol. The summed E-state index contributed by atoms with van der Waals surface area (Å²) >= 11 is 0. The zero-order valence-corrected chi connectivity index (χ0v) is 16.5. The molecule has 0 unspecified atom stereocenters. The largest absolute Gasteiger partial charge is 0.465 e. The minimum atomic E-state index is -0.474. The number of ether oxygens (including phenoxy) is 1. The SMILES string of the molecule is COC(=O)c1cccc(NC(=O)c2cc(NC(C)C)nc(-c3ccccc3)n2)c1. The first-order valence-electron chi connectivity index (χ1n) is 9.17. The number of benzene rings is 2. The van der Waals surface area contributed by atoms with Crippen molar-refractivity contribution in [2.45, 2.75) is 19.9 Å². The van der Waals surface area contributed by atoms with E-state index in [4.69, 9.17) is 4.74 Å². The van der Waals surface area contributed by atoms with E-state index in [1.807, 2.05) is 44.2 Å². The number of amides is 1. The Bertz CT molecular complexity index is 1020. The van der Waals surface area contributed by atoms with E-state index in [-0.39, 0.29) is 11.7 Å². The first-order chi connectivity index (χ1) is 14.0. The molecule has 29 heavy (non-hydrogen) atoms. The minimum Gasteiger partial charge on any atom is -0.465 e. The molecule has 1 amide bonds. The van der Waals surface area contributed by atoms with Gasteiger partial charge >= 0.3 is 5.97 Å². The zero-order valence-electron chi connectivity index (χ0n) is 16.5. The van der Waals surface area contributed by atoms with Crippen LogP contribution in [-0.4, -0.2) is 35.0 Å². The molecular formula is C22H22N4O3. The number of nitrogens with zero attached hydrogens (tertiary/aromatic N) is 2. The van der Waals surface area contributed by atoms with Crippen molar-refractivity contribution in [3.63, 3.8) is 0 Å². The average Bonchev–Trinajstić information content (AvgIpc) is 2.73. The summed E-state index contributed by atoms with van der Waals surface area (Å²) in [4.78, 5) is 33.5. The lowest BCUT2D eigenvalue weighted by molar-refractivity contribution is 0.0600. The molecule has 0 aliphatic rings. The molecule has 7 heteroatoms. The molecule has 0 bridgehead atoms. The Morgan fingerprint density at radius 3 is 2.41 bits per heavy atom. The van der Waals surface area contributed by atoms with Gasteiger partial charge in [0.2, 0.25) is 0 Å². The number of anilines is 2. The monoisotopic (exact) mass is 390 g/mol. The van der Waals surface area contributed by atoms with E-state index >= 15 is 0 Å². The quantitative estimate of drug-likeness (QED) is 0.618. The van der Waals surface area contributed by atoms with Crippen molar-refractivity contribution in [1.29, 1.82) is 0 Å². The molecule has 0 radical (unpaired) electrons. The van der Waals surface area contributed by atoms with Gasteiger partial charge in [0.05, 0.1) is 12.7 Å². The molecule has 148 valence electrons. The first-order valence-corrected chi connectivity index (χ1v) is 9.17. The van der Waals surface area contributed by atoms with Crippen LogP contribution in [0.1, 0.15) is 34.7 Å². The summed E-state index contributed by atoms with van der Waals surface area (Å²) in [5.74, 6) is 0.128. The highest BCUT2D eigenvalue weighted by Crippen LogP contribution is 2.19. The smallest absolute Gasteiger partial charge is 0.337 e. The fourth-order valence-electron chi connectivity index (χ4n) is 2.69. The third kappa shape index (κ3) is 5.16.